The van der Waals surface area contributed by atoms with E-state index < -0.39 is 0 Å². The Morgan fingerprint density at radius 2 is 1.91 bits per heavy atom. The van der Waals surface area contributed by atoms with Gasteiger partial charge in [-0.1, -0.05) is 33.1 Å². The maximum absolute atomic E-state index is 12.2. The van der Waals surface area contributed by atoms with Crippen LogP contribution in [0.5, 0.6) is 0 Å². The Bertz CT molecular complexity index is 339. The standard InChI is InChI=1S/C17H32N2O3/c1-4-7-8-14(5-2)13-18-17(21)19-11-9-15(10-12-19)16(20)22-6-3/h14-15H,4-13H2,1-3H3,(H,18,21). The van der Waals surface area contributed by atoms with Crippen molar-refractivity contribution in [2.75, 3.05) is 26.2 Å². The monoisotopic (exact) mass is 312 g/mol. The molecule has 1 heterocycles. The number of piperidine rings is 1. The molecule has 0 radical (unpaired) electrons. The number of hydrogen-bond acceptors (Lipinski definition) is 3. The lowest BCUT2D eigenvalue weighted by Crippen LogP contribution is -2.46. The molecule has 5 nitrogen and oxygen atoms in total. The lowest BCUT2D eigenvalue weighted by Gasteiger charge is -2.31. The zero-order valence-corrected chi connectivity index (χ0v) is 14.4. The second-order valence-corrected chi connectivity index (χ2v) is 6.12. The molecule has 1 N–H and O–H groups in total. The number of ether oxygens (including phenoxy) is 1. The number of rotatable bonds is 8. The van der Waals surface area contributed by atoms with E-state index in [0.717, 1.165) is 13.0 Å². The fourth-order valence-corrected chi connectivity index (χ4v) is 2.87. The van der Waals surface area contributed by atoms with Crippen LogP contribution in [0.4, 0.5) is 4.79 Å². The molecule has 1 aliphatic heterocycles. The first-order valence-electron chi connectivity index (χ1n) is 8.81. The molecule has 1 atom stereocenters. The van der Waals surface area contributed by atoms with Gasteiger partial charge in [-0.2, -0.15) is 0 Å². The fraction of sp³-hybridized carbons (Fsp3) is 0.882. The van der Waals surface area contributed by atoms with Crippen molar-refractivity contribution in [3.63, 3.8) is 0 Å². The molecular weight excluding hydrogens is 280 g/mol. The van der Waals surface area contributed by atoms with E-state index in [4.69, 9.17) is 4.74 Å². The molecule has 5 heteroatoms. The Morgan fingerprint density at radius 1 is 1.23 bits per heavy atom. The van der Waals surface area contributed by atoms with Gasteiger partial charge in [0.2, 0.25) is 0 Å². The second-order valence-electron chi connectivity index (χ2n) is 6.12. The van der Waals surface area contributed by atoms with E-state index in [2.05, 4.69) is 19.2 Å². The topological polar surface area (TPSA) is 58.6 Å². The van der Waals surface area contributed by atoms with E-state index in [9.17, 15) is 9.59 Å². The predicted molar refractivity (Wildman–Crippen MR) is 87.6 cm³/mol. The average molecular weight is 312 g/mol. The number of hydrogen-bond donors (Lipinski definition) is 1. The summed E-state index contributed by atoms with van der Waals surface area (Å²) in [6.07, 6.45) is 6.12. The summed E-state index contributed by atoms with van der Waals surface area (Å²) in [5, 5.41) is 3.05. The highest BCUT2D eigenvalue weighted by Crippen LogP contribution is 2.19. The summed E-state index contributed by atoms with van der Waals surface area (Å²) in [5.41, 5.74) is 0. The van der Waals surface area contributed by atoms with Crippen LogP contribution in [0.2, 0.25) is 0 Å². The van der Waals surface area contributed by atoms with Gasteiger partial charge in [-0.25, -0.2) is 4.79 Å². The van der Waals surface area contributed by atoms with E-state index in [0.29, 0.717) is 38.5 Å². The molecule has 0 bridgehead atoms. The van der Waals surface area contributed by atoms with Crippen molar-refractivity contribution in [3.05, 3.63) is 0 Å². The van der Waals surface area contributed by atoms with Crippen LogP contribution in [0.3, 0.4) is 0 Å². The first kappa shape index (κ1) is 18.8. The highest BCUT2D eigenvalue weighted by molar-refractivity contribution is 5.76. The largest absolute Gasteiger partial charge is 0.466 e. The molecule has 0 aliphatic carbocycles. The Morgan fingerprint density at radius 3 is 2.45 bits per heavy atom. The summed E-state index contributed by atoms with van der Waals surface area (Å²) in [6, 6.07) is 0.0113. The van der Waals surface area contributed by atoms with Crippen LogP contribution >= 0.6 is 0 Å². The Hall–Kier alpha value is -1.26. The number of nitrogens with one attached hydrogen (secondary N) is 1. The molecule has 0 spiro atoms. The SMILES string of the molecule is CCCCC(CC)CNC(=O)N1CCC(C(=O)OCC)CC1. The minimum atomic E-state index is -0.117. The van der Waals surface area contributed by atoms with Gasteiger partial charge in [0, 0.05) is 19.6 Å². The van der Waals surface area contributed by atoms with Crippen LogP contribution in [0.15, 0.2) is 0 Å². The molecule has 2 amide bonds. The van der Waals surface area contributed by atoms with Gasteiger partial charge in [0.25, 0.3) is 0 Å². The number of unbranched alkanes of at least 4 members (excludes halogenated alkanes) is 1. The molecule has 22 heavy (non-hydrogen) atoms. The summed E-state index contributed by atoms with van der Waals surface area (Å²) >= 11 is 0. The molecular formula is C17H32N2O3. The highest BCUT2D eigenvalue weighted by Gasteiger charge is 2.28. The van der Waals surface area contributed by atoms with Crippen LogP contribution in [-0.4, -0.2) is 43.1 Å². The predicted octanol–water partition coefficient (Wildman–Crippen LogP) is 3.19. The van der Waals surface area contributed by atoms with Gasteiger partial charge in [-0.15, -0.1) is 0 Å². The molecule has 1 saturated heterocycles. The van der Waals surface area contributed by atoms with Crippen molar-refractivity contribution in [3.8, 4) is 0 Å². The lowest BCUT2D eigenvalue weighted by atomic mass is 9.97. The molecule has 1 fully saturated rings. The third-order valence-electron chi connectivity index (χ3n) is 4.49. The molecule has 1 aliphatic rings. The van der Waals surface area contributed by atoms with Crippen molar-refractivity contribution >= 4 is 12.0 Å². The number of esters is 1. The van der Waals surface area contributed by atoms with Crippen molar-refractivity contribution < 1.29 is 14.3 Å². The summed E-state index contributed by atoms with van der Waals surface area (Å²) in [7, 11) is 0. The number of carbonyl (C=O) groups is 2. The van der Waals surface area contributed by atoms with E-state index in [-0.39, 0.29) is 17.9 Å². The number of urea groups is 1. The van der Waals surface area contributed by atoms with Gasteiger partial charge in [0.05, 0.1) is 12.5 Å². The molecule has 0 aromatic rings. The first-order valence-corrected chi connectivity index (χ1v) is 8.81. The average Bonchev–Trinajstić information content (AvgIpc) is 2.55. The van der Waals surface area contributed by atoms with Gasteiger partial charge in [-0.3, -0.25) is 4.79 Å². The number of carbonyl (C=O) groups excluding carboxylic acids is 2. The zero-order valence-electron chi connectivity index (χ0n) is 14.4. The maximum atomic E-state index is 12.2. The normalized spacial score (nSPS) is 17.1. The summed E-state index contributed by atoms with van der Waals surface area (Å²) < 4.78 is 5.05. The van der Waals surface area contributed by atoms with E-state index in [1.807, 2.05) is 11.8 Å². The Balaban J connectivity index is 2.28. The Labute approximate surface area is 134 Å². The minimum absolute atomic E-state index is 0.0113. The number of likely N-dealkylation sites (tertiary alicyclic amines) is 1. The van der Waals surface area contributed by atoms with Crippen LogP contribution in [0.1, 0.15) is 59.3 Å². The lowest BCUT2D eigenvalue weighted by molar-refractivity contribution is -0.149. The fourth-order valence-electron chi connectivity index (χ4n) is 2.87. The maximum Gasteiger partial charge on any atom is 0.317 e. The quantitative estimate of drug-likeness (QED) is 0.700. The molecule has 0 saturated carbocycles. The van der Waals surface area contributed by atoms with Gasteiger partial charge < -0.3 is 15.0 Å². The zero-order chi connectivity index (χ0) is 16.4. The third kappa shape index (κ3) is 6.24. The molecule has 0 aromatic heterocycles. The third-order valence-corrected chi connectivity index (χ3v) is 4.49. The van der Waals surface area contributed by atoms with Crippen LogP contribution in [0, 0.1) is 11.8 Å². The number of nitrogens with zero attached hydrogens (tertiary/aromatic N) is 1. The van der Waals surface area contributed by atoms with Crippen LogP contribution < -0.4 is 5.32 Å². The molecule has 128 valence electrons. The minimum Gasteiger partial charge on any atom is -0.466 e. The summed E-state index contributed by atoms with van der Waals surface area (Å²) in [6.45, 7) is 8.66. The van der Waals surface area contributed by atoms with Crippen molar-refractivity contribution in [2.45, 2.75) is 59.3 Å². The van der Waals surface area contributed by atoms with Crippen molar-refractivity contribution in [1.82, 2.24) is 10.2 Å². The first-order chi connectivity index (χ1) is 10.6. The second kappa shape index (κ2) is 10.5. The van der Waals surface area contributed by atoms with Crippen LogP contribution in [-0.2, 0) is 9.53 Å². The van der Waals surface area contributed by atoms with Crippen molar-refractivity contribution in [1.29, 1.82) is 0 Å². The number of amides is 2. The van der Waals surface area contributed by atoms with E-state index >= 15 is 0 Å². The highest BCUT2D eigenvalue weighted by atomic mass is 16.5. The van der Waals surface area contributed by atoms with E-state index in [1.165, 1.54) is 19.3 Å². The smallest absolute Gasteiger partial charge is 0.317 e. The summed E-state index contributed by atoms with van der Waals surface area (Å²) in [4.78, 5) is 25.7. The van der Waals surface area contributed by atoms with Gasteiger partial charge in [0.1, 0.15) is 0 Å². The molecule has 1 rings (SSSR count). The molecule has 1 unspecified atom stereocenters. The van der Waals surface area contributed by atoms with Crippen molar-refractivity contribution in [2.24, 2.45) is 11.8 Å². The van der Waals surface area contributed by atoms with Gasteiger partial charge >= 0.3 is 12.0 Å². The Kier molecular flexibility index (Phi) is 8.94. The van der Waals surface area contributed by atoms with Crippen LogP contribution in [0.25, 0.3) is 0 Å². The van der Waals surface area contributed by atoms with Gasteiger partial charge in [-0.05, 0) is 32.1 Å². The van der Waals surface area contributed by atoms with E-state index in [1.54, 1.807) is 0 Å². The molecule has 0 aromatic carbocycles. The summed E-state index contributed by atoms with van der Waals surface area (Å²) in [5.74, 6) is 0.408. The van der Waals surface area contributed by atoms with Gasteiger partial charge in [0.15, 0.2) is 0 Å².